The number of hydrogen-bond acceptors (Lipinski definition) is 4. The maximum absolute atomic E-state index is 12.9. The van der Waals surface area contributed by atoms with Gasteiger partial charge in [0, 0.05) is 0 Å². The lowest BCUT2D eigenvalue weighted by Gasteiger charge is -2.32. The molecular formula is C19H22O4. The van der Waals surface area contributed by atoms with Gasteiger partial charge in [-0.2, -0.15) is 0 Å². The molecule has 2 aromatic rings. The van der Waals surface area contributed by atoms with E-state index in [0.29, 0.717) is 6.42 Å². The van der Waals surface area contributed by atoms with E-state index in [9.17, 15) is 15.0 Å². The Morgan fingerprint density at radius 3 is 1.65 bits per heavy atom. The molecule has 4 nitrogen and oxygen atoms in total. The maximum atomic E-state index is 12.9. The number of esters is 1. The minimum absolute atomic E-state index is 0.140. The van der Waals surface area contributed by atoms with E-state index in [0.717, 1.165) is 11.1 Å². The lowest BCUT2D eigenvalue weighted by molar-refractivity contribution is -0.153. The van der Waals surface area contributed by atoms with Crippen LogP contribution in [-0.4, -0.2) is 22.3 Å². The van der Waals surface area contributed by atoms with Crippen LogP contribution >= 0.6 is 0 Å². The number of hydrogen-bond donors (Lipinski definition) is 2. The van der Waals surface area contributed by atoms with Crippen molar-refractivity contribution in [3.8, 4) is 11.5 Å². The largest absolute Gasteiger partial charge is 0.508 e. The first-order chi connectivity index (χ1) is 10.9. The van der Waals surface area contributed by atoms with Crippen molar-refractivity contribution in [2.75, 3.05) is 0 Å². The number of ether oxygens (including phenoxy) is 1. The zero-order valence-electron chi connectivity index (χ0n) is 13.6. The number of carbonyl (C=O) groups is 1. The minimum atomic E-state index is -0.980. The highest BCUT2D eigenvalue weighted by Crippen LogP contribution is 2.38. The van der Waals surface area contributed by atoms with E-state index in [2.05, 4.69) is 0 Å². The molecule has 0 atom stereocenters. The molecule has 0 amide bonds. The summed E-state index contributed by atoms with van der Waals surface area (Å²) < 4.78 is 5.51. The second-order valence-electron chi connectivity index (χ2n) is 5.81. The normalized spacial score (nSPS) is 11.5. The van der Waals surface area contributed by atoms with Crippen molar-refractivity contribution in [2.45, 2.75) is 38.7 Å². The van der Waals surface area contributed by atoms with Crippen LogP contribution in [0.25, 0.3) is 0 Å². The van der Waals surface area contributed by atoms with Crippen LogP contribution in [0, 0.1) is 0 Å². The minimum Gasteiger partial charge on any atom is -0.508 e. The molecule has 0 spiro atoms. The first-order valence-electron chi connectivity index (χ1n) is 7.70. The van der Waals surface area contributed by atoms with Crippen LogP contribution in [0.2, 0.25) is 0 Å². The first-order valence-corrected chi connectivity index (χ1v) is 7.70. The van der Waals surface area contributed by atoms with E-state index < -0.39 is 5.41 Å². The molecule has 122 valence electrons. The Hall–Kier alpha value is -2.49. The molecule has 0 saturated carbocycles. The van der Waals surface area contributed by atoms with Gasteiger partial charge in [-0.15, -0.1) is 0 Å². The Kier molecular flexibility index (Phi) is 4.94. The van der Waals surface area contributed by atoms with Crippen LogP contribution in [-0.2, 0) is 14.9 Å². The molecule has 0 saturated heterocycles. The quantitative estimate of drug-likeness (QED) is 0.825. The summed E-state index contributed by atoms with van der Waals surface area (Å²) in [6, 6.07) is 13.2. The molecule has 0 aliphatic carbocycles. The molecule has 2 rings (SSSR count). The highest BCUT2D eigenvalue weighted by Gasteiger charge is 2.42. The van der Waals surface area contributed by atoms with Gasteiger partial charge in [0.2, 0.25) is 0 Å². The molecule has 0 radical (unpaired) electrons. The van der Waals surface area contributed by atoms with E-state index in [1.807, 2.05) is 20.8 Å². The van der Waals surface area contributed by atoms with E-state index in [-0.39, 0.29) is 23.6 Å². The Balaban J connectivity index is 2.63. The Labute approximate surface area is 136 Å². The molecule has 0 fully saturated rings. The van der Waals surface area contributed by atoms with Crippen LogP contribution in [0.3, 0.4) is 0 Å². The molecule has 0 aliphatic rings. The second kappa shape index (κ2) is 6.73. The number of aromatic hydroxyl groups is 2. The van der Waals surface area contributed by atoms with Gasteiger partial charge < -0.3 is 14.9 Å². The molecule has 2 aromatic carbocycles. The fraction of sp³-hybridized carbons (Fsp3) is 0.316. The Morgan fingerprint density at radius 2 is 1.35 bits per heavy atom. The summed E-state index contributed by atoms with van der Waals surface area (Å²) in [5.74, 6) is -0.0604. The standard InChI is InChI=1S/C19H22O4/c1-4-19(18(22)23-13(2)3,14-5-9-16(20)10-6-14)15-7-11-17(21)12-8-15/h5-13,20-21H,4H2,1-3H3. The maximum Gasteiger partial charge on any atom is 0.321 e. The van der Waals surface area contributed by atoms with Crippen LogP contribution < -0.4 is 0 Å². The van der Waals surface area contributed by atoms with Crippen LogP contribution in [0.5, 0.6) is 11.5 Å². The van der Waals surface area contributed by atoms with E-state index >= 15 is 0 Å². The Bertz CT molecular complexity index is 611. The zero-order chi connectivity index (χ0) is 17.0. The van der Waals surface area contributed by atoms with Crippen LogP contribution in [0.4, 0.5) is 0 Å². The summed E-state index contributed by atoms with van der Waals surface area (Å²) in [6.45, 7) is 5.54. The average molecular weight is 314 g/mol. The molecule has 2 N–H and O–H groups in total. The Morgan fingerprint density at radius 1 is 0.957 bits per heavy atom. The van der Waals surface area contributed by atoms with Crippen LogP contribution in [0.1, 0.15) is 38.3 Å². The molecular weight excluding hydrogens is 292 g/mol. The van der Waals surface area contributed by atoms with Gasteiger partial charge in [0.15, 0.2) is 0 Å². The van der Waals surface area contributed by atoms with E-state index in [4.69, 9.17) is 4.74 Å². The SMILES string of the molecule is CCC(C(=O)OC(C)C)(c1ccc(O)cc1)c1ccc(O)cc1. The predicted molar refractivity (Wildman–Crippen MR) is 88.5 cm³/mol. The second-order valence-corrected chi connectivity index (χ2v) is 5.81. The fourth-order valence-electron chi connectivity index (χ4n) is 2.76. The summed E-state index contributed by atoms with van der Waals surface area (Å²) in [6.07, 6.45) is 0.260. The number of phenolic OH excluding ortho intramolecular Hbond substituents is 2. The van der Waals surface area contributed by atoms with Crippen LogP contribution in [0.15, 0.2) is 48.5 Å². The molecule has 4 heteroatoms. The molecule has 0 heterocycles. The zero-order valence-corrected chi connectivity index (χ0v) is 13.6. The van der Waals surface area contributed by atoms with Crippen molar-refractivity contribution >= 4 is 5.97 Å². The highest BCUT2D eigenvalue weighted by molar-refractivity contribution is 5.88. The van der Waals surface area contributed by atoms with E-state index in [1.165, 1.54) is 0 Å². The van der Waals surface area contributed by atoms with Gasteiger partial charge in [-0.05, 0) is 55.7 Å². The van der Waals surface area contributed by atoms with Crippen molar-refractivity contribution in [1.29, 1.82) is 0 Å². The first kappa shape index (κ1) is 16.9. The smallest absolute Gasteiger partial charge is 0.321 e. The third kappa shape index (κ3) is 3.31. The van der Waals surface area contributed by atoms with Gasteiger partial charge in [-0.25, -0.2) is 0 Å². The molecule has 0 aliphatic heterocycles. The van der Waals surface area contributed by atoms with Crippen molar-refractivity contribution in [1.82, 2.24) is 0 Å². The number of rotatable bonds is 5. The number of phenols is 2. The summed E-state index contributed by atoms with van der Waals surface area (Å²) in [7, 11) is 0. The van der Waals surface area contributed by atoms with Crippen molar-refractivity contribution in [3.05, 3.63) is 59.7 Å². The van der Waals surface area contributed by atoms with Crippen molar-refractivity contribution in [2.24, 2.45) is 0 Å². The molecule has 0 bridgehead atoms. The van der Waals surface area contributed by atoms with E-state index in [1.54, 1.807) is 48.5 Å². The van der Waals surface area contributed by atoms with Gasteiger partial charge in [-0.3, -0.25) is 4.79 Å². The summed E-state index contributed by atoms with van der Waals surface area (Å²) in [5, 5.41) is 19.1. The number of benzene rings is 2. The van der Waals surface area contributed by atoms with Gasteiger partial charge >= 0.3 is 5.97 Å². The lowest BCUT2D eigenvalue weighted by atomic mass is 9.72. The highest BCUT2D eigenvalue weighted by atomic mass is 16.5. The van der Waals surface area contributed by atoms with Crippen molar-refractivity contribution < 1.29 is 19.7 Å². The lowest BCUT2D eigenvalue weighted by Crippen LogP contribution is -2.39. The monoisotopic (exact) mass is 314 g/mol. The van der Waals surface area contributed by atoms with Gasteiger partial charge in [0.1, 0.15) is 16.9 Å². The van der Waals surface area contributed by atoms with Gasteiger partial charge in [-0.1, -0.05) is 31.2 Å². The topological polar surface area (TPSA) is 66.8 Å². The predicted octanol–water partition coefficient (Wildman–Crippen LogP) is 3.75. The summed E-state index contributed by atoms with van der Waals surface area (Å²) in [5.41, 5.74) is 0.509. The van der Waals surface area contributed by atoms with Crippen molar-refractivity contribution in [3.63, 3.8) is 0 Å². The average Bonchev–Trinajstić information content (AvgIpc) is 2.51. The summed E-state index contributed by atoms with van der Waals surface area (Å²) >= 11 is 0. The van der Waals surface area contributed by atoms with Gasteiger partial charge in [0.05, 0.1) is 6.10 Å². The fourth-order valence-corrected chi connectivity index (χ4v) is 2.76. The van der Waals surface area contributed by atoms with Gasteiger partial charge in [0.25, 0.3) is 0 Å². The molecule has 0 unspecified atom stereocenters. The molecule has 0 aromatic heterocycles. The summed E-state index contributed by atoms with van der Waals surface area (Å²) in [4.78, 5) is 12.9. The third-order valence-electron chi connectivity index (χ3n) is 3.94. The third-order valence-corrected chi connectivity index (χ3v) is 3.94. The number of carbonyl (C=O) groups excluding carboxylic acids is 1. The molecule has 23 heavy (non-hydrogen) atoms.